The lowest BCUT2D eigenvalue weighted by molar-refractivity contribution is -0.126. The van der Waals surface area contributed by atoms with E-state index in [2.05, 4.69) is 4.72 Å². The third-order valence-corrected chi connectivity index (χ3v) is 7.06. The molecule has 5 nitrogen and oxygen atoms in total. The van der Waals surface area contributed by atoms with Crippen LogP contribution in [0.5, 0.6) is 0 Å². The van der Waals surface area contributed by atoms with E-state index in [4.69, 9.17) is 4.74 Å². The van der Waals surface area contributed by atoms with Crippen LogP contribution in [0.3, 0.4) is 0 Å². The largest absolute Gasteiger partial charge is 0.381 e. The average Bonchev–Trinajstić information content (AvgIpc) is 2.99. The molecule has 0 radical (unpaired) electrons. The predicted molar refractivity (Wildman–Crippen MR) is 86.5 cm³/mol. The molecule has 1 amide bonds. The van der Waals surface area contributed by atoms with Crippen molar-refractivity contribution in [1.29, 1.82) is 0 Å². The lowest BCUT2D eigenvalue weighted by atomic mass is 9.95. The Morgan fingerprint density at radius 2 is 2.00 bits per heavy atom. The van der Waals surface area contributed by atoms with E-state index in [-0.39, 0.29) is 16.2 Å². The third-order valence-electron chi connectivity index (χ3n) is 3.73. The summed E-state index contributed by atoms with van der Waals surface area (Å²) in [7, 11) is -3.80. The van der Waals surface area contributed by atoms with E-state index in [1.165, 1.54) is 11.3 Å². The highest BCUT2D eigenvalue weighted by Gasteiger charge is 2.51. The third kappa shape index (κ3) is 3.70. The first-order chi connectivity index (χ1) is 10.1. The highest BCUT2D eigenvalue weighted by Crippen LogP contribution is 2.46. The number of carbonyl (C=O) groups excluding carboxylic acids is 1. The summed E-state index contributed by atoms with van der Waals surface area (Å²) in [5.74, 6) is -0.452. The van der Waals surface area contributed by atoms with Crippen LogP contribution in [0.4, 0.5) is 0 Å². The van der Waals surface area contributed by atoms with Gasteiger partial charge in [-0.15, -0.1) is 11.3 Å². The molecular weight excluding hydrogens is 322 g/mol. The molecule has 1 aromatic heterocycles. The molecule has 2 rings (SSSR count). The first-order valence-corrected chi connectivity index (χ1v) is 9.66. The first-order valence-electron chi connectivity index (χ1n) is 7.36. The quantitative estimate of drug-likeness (QED) is 0.860. The molecular formula is C15H23NO4S2. The van der Waals surface area contributed by atoms with Crippen LogP contribution in [-0.2, 0) is 25.0 Å². The Hall–Kier alpha value is -0.920. The second-order valence-corrected chi connectivity index (χ2v) is 9.71. The smallest absolute Gasteiger partial charge is 0.273 e. The molecule has 0 saturated heterocycles. The van der Waals surface area contributed by atoms with Crippen molar-refractivity contribution >= 4 is 27.3 Å². The lowest BCUT2D eigenvalue weighted by Crippen LogP contribution is -2.38. The second kappa shape index (κ2) is 5.94. The minimum Gasteiger partial charge on any atom is -0.381 e. The Kier molecular flexibility index (Phi) is 4.71. The fourth-order valence-corrected chi connectivity index (χ4v) is 4.47. The van der Waals surface area contributed by atoms with Crippen molar-refractivity contribution in [3.05, 3.63) is 17.0 Å². The maximum absolute atomic E-state index is 12.4. The zero-order chi connectivity index (χ0) is 16.6. The number of sulfonamides is 1. The number of ether oxygens (including phenoxy) is 1. The summed E-state index contributed by atoms with van der Waals surface area (Å²) >= 11 is 1.20. The van der Waals surface area contributed by atoms with Gasteiger partial charge in [0.2, 0.25) is 5.91 Å². The minimum atomic E-state index is -3.80. The van der Waals surface area contributed by atoms with Gasteiger partial charge in [-0.25, -0.2) is 13.1 Å². The van der Waals surface area contributed by atoms with Gasteiger partial charge in [-0.1, -0.05) is 20.8 Å². The Balaban J connectivity index is 2.11. The number of amides is 1. The highest BCUT2D eigenvalue weighted by molar-refractivity contribution is 7.92. The molecule has 0 spiro atoms. The number of rotatable bonds is 6. The van der Waals surface area contributed by atoms with Gasteiger partial charge < -0.3 is 4.74 Å². The summed E-state index contributed by atoms with van der Waals surface area (Å²) in [5.41, 5.74) is -0.775. The van der Waals surface area contributed by atoms with Crippen LogP contribution >= 0.6 is 11.3 Å². The Morgan fingerprint density at radius 1 is 1.36 bits per heavy atom. The van der Waals surface area contributed by atoms with E-state index in [0.717, 1.165) is 4.88 Å². The fraction of sp³-hybridized carbons (Fsp3) is 0.667. The van der Waals surface area contributed by atoms with Crippen molar-refractivity contribution < 1.29 is 17.9 Å². The molecule has 1 aliphatic carbocycles. The summed E-state index contributed by atoms with van der Waals surface area (Å²) in [6, 6.07) is 3.36. The molecule has 7 heteroatoms. The number of nitrogens with one attached hydrogen (secondary N) is 1. The number of thiophene rings is 1. The van der Waals surface area contributed by atoms with Crippen molar-refractivity contribution in [2.75, 3.05) is 13.2 Å². The van der Waals surface area contributed by atoms with E-state index in [1.54, 1.807) is 12.1 Å². The van der Waals surface area contributed by atoms with E-state index >= 15 is 0 Å². The van der Waals surface area contributed by atoms with Gasteiger partial charge in [0.1, 0.15) is 4.21 Å². The molecule has 1 saturated carbocycles. The van der Waals surface area contributed by atoms with Crippen molar-refractivity contribution in [2.45, 2.75) is 50.2 Å². The van der Waals surface area contributed by atoms with Crippen LogP contribution in [0, 0.1) is 5.41 Å². The summed E-state index contributed by atoms with van der Waals surface area (Å²) in [4.78, 5) is 13.2. The SMILES string of the molecule is CCOCC1(C(=O)NS(=O)(=O)c2ccc(C(C)(C)C)s2)CC1. The van der Waals surface area contributed by atoms with Crippen LogP contribution in [-0.4, -0.2) is 27.5 Å². The number of hydrogen-bond donors (Lipinski definition) is 1. The molecule has 124 valence electrons. The van der Waals surface area contributed by atoms with Crippen molar-refractivity contribution in [3.63, 3.8) is 0 Å². The predicted octanol–water partition coefficient (Wildman–Crippen LogP) is 2.67. The van der Waals surface area contributed by atoms with Gasteiger partial charge in [-0.05, 0) is 37.3 Å². The molecule has 1 heterocycles. The van der Waals surface area contributed by atoms with Crippen LogP contribution < -0.4 is 4.72 Å². The molecule has 1 N–H and O–H groups in total. The van der Waals surface area contributed by atoms with Crippen molar-refractivity contribution in [1.82, 2.24) is 4.72 Å². The van der Waals surface area contributed by atoms with Gasteiger partial charge >= 0.3 is 0 Å². The van der Waals surface area contributed by atoms with Crippen molar-refractivity contribution in [3.8, 4) is 0 Å². The van der Waals surface area contributed by atoms with Crippen LogP contribution in [0.1, 0.15) is 45.4 Å². The lowest BCUT2D eigenvalue weighted by Gasteiger charge is -2.16. The van der Waals surface area contributed by atoms with Crippen LogP contribution in [0.15, 0.2) is 16.3 Å². The molecule has 0 aromatic carbocycles. The molecule has 0 aliphatic heterocycles. The summed E-state index contributed by atoms with van der Waals surface area (Å²) in [6.45, 7) is 8.72. The van der Waals surface area contributed by atoms with Crippen LogP contribution in [0.2, 0.25) is 0 Å². The maximum Gasteiger partial charge on any atom is 0.273 e. The first kappa shape index (κ1) is 17.4. The standard InChI is InChI=1S/C15H23NO4S2/c1-5-20-10-15(8-9-15)13(17)16-22(18,19)12-7-6-11(21-12)14(2,3)4/h6-7H,5,8-10H2,1-4H3,(H,16,17). The van der Waals surface area contributed by atoms with Gasteiger partial charge in [0.25, 0.3) is 10.0 Å². The molecule has 1 aliphatic rings. The summed E-state index contributed by atoms with van der Waals surface area (Å²) < 4.78 is 32.4. The molecule has 0 unspecified atom stereocenters. The Bertz CT molecular complexity index is 651. The molecule has 22 heavy (non-hydrogen) atoms. The van der Waals surface area contributed by atoms with Crippen molar-refractivity contribution in [2.24, 2.45) is 5.41 Å². The number of hydrogen-bond acceptors (Lipinski definition) is 5. The molecule has 1 aromatic rings. The summed E-state index contributed by atoms with van der Waals surface area (Å²) in [5, 5.41) is 0. The van der Waals surface area contributed by atoms with E-state index in [9.17, 15) is 13.2 Å². The monoisotopic (exact) mass is 345 g/mol. The topological polar surface area (TPSA) is 72.5 Å². The molecule has 0 bridgehead atoms. The van der Waals surface area contributed by atoms with Crippen LogP contribution in [0.25, 0.3) is 0 Å². The van der Waals surface area contributed by atoms with E-state index in [0.29, 0.717) is 19.4 Å². The van der Waals surface area contributed by atoms with E-state index in [1.807, 2.05) is 27.7 Å². The zero-order valence-electron chi connectivity index (χ0n) is 13.4. The van der Waals surface area contributed by atoms with Gasteiger partial charge in [0.15, 0.2) is 0 Å². The van der Waals surface area contributed by atoms with Gasteiger partial charge in [0, 0.05) is 11.5 Å². The fourth-order valence-electron chi connectivity index (χ4n) is 2.03. The Morgan fingerprint density at radius 3 is 2.45 bits per heavy atom. The average molecular weight is 345 g/mol. The van der Waals surface area contributed by atoms with Gasteiger partial charge in [-0.2, -0.15) is 0 Å². The number of carbonyl (C=O) groups is 1. The molecule has 1 fully saturated rings. The van der Waals surface area contributed by atoms with Gasteiger partial charge in [-0.3, -0.25) is 4.79 Å². The zero-order valence-corrected chi connectivity index (χ0v) is 15.1. The minimum absolute atomic E-state index is 0.116. The maximum atomic E-state index is 12.4. The summed E-state index contributed by atoms with van der Waals surface area (Å²) in [6.07, 6.45) is 1.35. The Labute approximate surface area is 136 Å². The normalized spacial score (nSPS) is 17.3. The molecule has 0 atom stereocenters. The van der Waals surface area contributed by atoms with Gasteiger partial charge in [0.05, 0.1) is 12.0 Å². The van der Waals surface area contributed by atoms with E-state index < -0.39 is 21.3 Å². The second-order valence-electron chi connectivity index (χ2n) is 6.72. The highest BCUT2D eigenvalue weighted by atomic mass is 32.2.